The van der Waals surface area contributed by atoms with Gasteiger partial charge in [0.2, 0.25) is 0 Å². The summed E-state index contributed by atoms with van der Waals surface area (Å²) in [5.74, 6) is 0.848. The van der Waals surface area contributed by atoms with Crippen LogP contribution in [-0.4, -0.2) is 52.2 Å². The van der Waals surface area contributed by atoms with Crippen molar-refractivity contribution >= 4 is 15.8 Å². The molecular formula is C21H31FN4O3S. The molecule has 0 radical (unpaired) electrons. The van der Waals surface area contributed by atoms with Gasteiger partial charge in [0.1, 0.15) is 11.6 Å². The van der Waals surface area contributed by atoms with Gasteiger partial charge in [0.25, 0.3) is 0 Å². The molecule has 0 aliphatic carbocycles. The molecule has 0 bridgehead atoms. The highest BCUT2D eigenvalue weighted by molar-refractivity contribution is 7.89. The number of rotatable bonds is 10. The van der Waals surface area contributed by atoms with Gasteiger partial charge in [-0.3, -0.25) is 9.89 Å². The molecule has 2 rings (SSSR count). The fraction of sp³-hybridized carbons (Fsp3) is 0.476. The van der Waals surface area contributed by atoms with Gasteiger partial charge < -0.3 is 15.1 Å². The third-order valence-corrected chi connectivity index (χ3v) is 5.68. The minimum Gasteiger partial charge on any atom is -0.468 e. The summed E-state index contributed by atoms with van der Waals surface area (Å²) in [6.07, 6.45) is 2.82. The second-order valence-electron chi connectivity index (χ2n) is 7.04. The molecule has 0 saturated carbocycles. The van der Waals surface area contributed by atoms with Crippen LogP contribution in [0.4, 0.5) is 4.39 Å². The van der Waals surface area contributed by atoms with Crippen molar-refractivity contribution in [1.82, 2.24) is 15.5 Å². The Kier molecular flexibility index (Phi) is 8.86. The Labute approximate surface area is 178 Å². The van der Waals surface area contributed by atoms with Gasteiger partial charge in [0, 0.05) is 26.4 Å². The molecule has 1 atom stereocenters. The third-order valence-electron chi connectivity index (χ3n) is 4.84. The number of hydrogen-bond donors (Lipinski definition) is 2. The van der Waals surface area contributed by atoms with Crippen LogP contribution in [0.25, 0.3) is 0 Å². The molecular weight excluding hydrogens is 407 g/mol. The molecule has 2 N–H and O–H groups in total. The van der Waals surface area contributed by atoms with Crippen LogP contribution in [0, 0.1) is 5.82 Å². The van der Waals surface area contributed by atoms with Crippen LogP contribution in [-0.2, 0) is 22.1 Å². The zero-order valence-corrected chi connectivity index (χ0v) is 18.8. The fourth-order valence-electron chi connectivity index (χ4n) is 3.33. The van der Waals surface area contributed by atoms with E-state index in [1.165, 1.54) is 18.2 Å². The first kappa shape index (κ1) is 23.9. The number of furan rings is 1. The molecule has 0 aliphatic heterocycles. The molecule has 2 aromatic rings. The Balaban J connectivity index is 2.07. The molecule has 9 heteroatoms. The summed E-state index contributed by atoms with van der Waals surface area (Å²) in [7, 11) is -1.58. The molecule has 0 saturated heterocycles. The number of hydrogen-bond acceptors (Lipinski definition) is 5. The quantitative estimate of drug-likeness (QED) is 0.438. The lowest BCUT2D eigenvalue weighted by Crippen LogP contribution is -2.43. The highest BCUT2D eigenvalue weighted by Crippen LogP contribution is 2.20. The van der Waals surface area contributed by atoms with Crippen molar-refractivity contribution in [3.05, 3.63) is 59.3 Å². The molecule has 0 aliphatic rings. The van der Waals surface area contributed by atoms with Crippen LogP contribution in [0.3, 0.4) is 0 Å². The topological polar surface area (TPSA) is 86.9 Å². The molecule has 1 heterocycles. The number of aliphatic imine (C=N–C) groups is 1. The Morgan fingerprint density at radius 3 is 2.50 bits per heavy atom. The van der Waals surface area contributed by atoms with Crippen molar-refractivity contribution in [1.29, 1.82) is 0 Å². The summed E-state index contributed by atoms with van der Waals surface area (Å²) in [6, 6.07) is 7.98. The molecule has 30 heavy (non-hydrogen) atoms. The Morgan fingerprint density at radius 1 is 1.20 bits per heavy atom. The van der Waals surface area contributed by atoms with Gasteiger partial charge in [-0.25, -0.2) is 12.8 Å². The number of halogens is 1. The van der Waals surface area contributed by atoms with E-state index in [-0.39, 0.29) is 18.3 Å². The number of benzene rings is 1. The van der Waals surface area contributed by atoms with Gasteiger partial charge in [-0.1, -0.05) is 19.9 Å². The van der Waals surface area contributed by atoms with E-state index >= 15 is 0 Å². The van der Waals surface area contributed by atoms with Crippen LogP contribution >= 0.6 is 0 Å². The first-order valence-electron chi connectivity index (χ1n) is 9.94. The summed E-state index contributed by atoms with van der Waals surface area (Å²) in [4.78, 5) is 6.50. The van der Waals surface area contributed by atoms with Crippen molar-refractivity contribution < 1.29 is 17.2 Å². The minimum absolute atomic E-state index is 0.0310. The Morgan fingerprint density at radius 2 is 1.93 bits per heavy atom. The summed E-state index contributed by atoms with van der Waals surface area (Å²) in [6.45, 7) is 6.74. The van der Waals surface area contributed by atoms with Crippen LogP contribution in [0.1, 0.15) is 36.8 Å². The van der Waals surface area contributed by atoms with E-state index in [9.17, 15) is 12.8 Å². The van der Waals surface area contributed by atoms with Crippen LogP contribution in [0.15, 0.2) is 46.0 Å². The summed E-state index contributed by atoms with van der Waals surface area (Å²) in [5, 5.41) is 6.43. The zero-order valence-electron chi connectivity index (χ0n) is 18.0. The molecule has 1 aromatic heterocycles. The fourth-order valence-corrected chi connectivity index (χ4v) is 4.18. The van der Waals surface area contributed by atoms with Crippen molar-refractivity contribution in [3.63, 3.8) is 0 Å². The smallest absolute Gasteiger partial charge is 0.191 e. The summed E-state index contributed by atoms with van der Waals surface area (Å²) < 4.78 is 42.7. The average molecular weight is 439 g/mol. The Bertz CT molecular complexity index is 926. The second kappa shape index (κ2) is 11.1. The third kappa shape index (κ3) is 7.14. The summed E-state index contributed by atoms with van der Waals surface area (Å²) >= 11 is 0. The normalized spacial score (nSPS) is 13.5. The van der Waals surface area contributed by atoms with Gasteiger partial charge in [0.15, 0.2) is 15.8 Å². The largest absolute Gasteiger partial charge is 0.468 e. The standard InChI is InChI=1S/C21H31FN4O3S/c1-5-26(6-2)19(20-8-7-11-29-20)14-25-21(23-3)24-13-17-12-18(22)10-9-16(17)15-30(4,27)28/h7-12,19H,5-6,13-15H2,1-4H3,(H2,23,24,25). The van der Waals surface area contributed by atoms with E-state index in [4.69, 9.17) is 4.42 Å². The van der Waals surface area contributed by atoms with Gasteiger partial charge in [-0.2, -0.15) is 0 Å². The number of nitrogens with one attached hydrogen (secondary N) is 2. The molecule has 7 nitrogen and oxygen atoms in total. The average Bonchev–Trinajstić information content (AvgIpc) is 3.22. The maximum absolute atomic E-state index is 13.7. The number of nitrogens with zero attached hydrogens (tertiary/aromatic N) is 2. The first-order chi connectivity index (χ1) is 14.3. The van der Waals surface area contributed by atoms with Crippen molar-refractivity contribution in [2.75, 3.05) is 32.9 Å². The second-order valence-corrected chi connectivity index (χ2v) is 9.18. The monoisotopic (exact) mass is 438 g/mol. The predicted molar refractivity (Wildman–Crippen MR) is 118 cm³/mol. The summed E-state index contributed by atoms with van der Waals surface area (Å²) in [5.41, 5.74) is 1.15. The molecule has 1 unspecified atom stereocenters. The predicted octanol–water partition coefficient (Wildman–Crippen LogP) is 2.71. The molecule has 0 spiro atoms. The molecule has 0 fully saturated rings. The lowest BCUT2D eigenvalue weighted by Gasteiger charge is -2.28. The van der Waals surface area contributed by atoms with Crippen molar-refractivity contribution in [3.8, 4) is 0 Å². The zero-order chi connectivity index (χ0) is 22.1. The first-order valence-corrected chi connectivity index (χ1v) is 12.0. The minimum atomic E-state index is -3.23. The van der Waals surface area contributed by atoms with E-state index in [2.05, 4.69) is 34.4 Å². The maximum atomic E-state index is 13.7. The lowest BCUT2D eigenvalue weighted by atomic mass is 10.1. The van der Waals surface area contributed by atoms with Gasteiger partial charge in [-0.05, 0) is 48.5 Å². The lowest BCUT2D eigenvalue weighted by molar-refractivity contribution is 0.193. The SMILES string of the molecule is CCN(CC)C(CNC(=NC)NCc1cc(F)ccc1CS(C)(=O)=O)c1ccco1. The van der Waals surface area contributed by atoms with E-state index in [1.54, 1.807) is 13.3 Å². The van der Waals surface area contributed by atoms with Gasteiger partial charge in [0.05, 0.1) is 18.1 Å². The van der Waals surface area contributed by atoms with Crippen LogP contribution in [0.2, 0.25) is 0 Å². The highest BCUT2D eigenvalue weighted by atomic mass is 32.2. The van der Waals surface area contributed by atoms with E-state index < -0.39 is 15.7 Å². The number of sulfone groups is 1. The number of likely N-dealkylation sites (N-methyl/N-ethyl adjacent to an activating group) is 1. The van der Waals surface area contributed by atoms with E-state index in [0.717, 1.165) is 25.1 Å². The van der Waals surface area contributed by atoms with E-state index in [0.29, 0.717) is 23.6 Å². The van der Waals surface area contributed by atoms with E-state index in [1.807, 2.05) is 12.1 Å². The van der Waals surface area contributed by atoms with Crippen molar-refractivity contribution in [2.24, 2.45) is 4.99 Å². The number of guanidine groups is 1. The molecule has 1 aromatic carbocycles. The maximum Gasteiger partial charge on any atom is 0.191 e. The van der Waals surface area contributed by atoms with Crippen LogP contribution < -0.4 is 10.6 Å². The van der Waals surface area contributed by atoms with Gasteiger partial charge in [-0.15, -0.1) is 0 Å². The van der Waals surface area contributed by atoms with Gasteiger partial charge >= 0.3 is 0 Å². The Hall–Kier alpha value is -2.39. The van der Waals surface area contributed by atoms with Crippen molar-refractivity contribution in [2.45, 2.75) is 32.2 Å². The molecule has 166 valence electrons. The van der Waals surface area contributed by atoms with Crippen LogP contribution in [0.5, 0.6) is 0 Å². The molecule has 0 amide bonds. The highest BCUT2D eigenvalue weighted by Gasteiger charge is 2.21.